The fourth-order valence-electron chi connectivity index (χ4n) is 3.89. The molecule has 2 aliphatic rings. The number of carbonyl (C=O) groups excluding carboxylic acids is 1. The molecule has 0 bridgehead atoms. The van der Waals surface area contributed by atoms with Crippen molar-refractivity contribution in [3.63, 3.8) is 0 Å². The van der Waals surface area contributed by atoms with Gasteiger partial charge in [0.15, 0.2) is 0 Å². The Morgan fingerprint density at radius 3 is 2.56 bits per heavy atom. The van der Waals surface area contributed by atoms with Crippen LogP contribution in [0, 0.1) is 5.82 Å². The van der Waals surface area contributed by atoms with E-state index in [1.807, 2.05) is 4.90 Å². The number of nitrogens with one attached hydrogen (secondary N) is 1. The van der Waals surface area contributed by atoms with Gasteiger partial charge in [-0.15, -0.1) is 0 Å². The number of rotatable bonds is 7. The maximum atomic E-state index is 13.2. The highest BCUT2D eigenvalue weighted by Crippen LogP contribution is 2.18. The van der Waals surface area contributed by atoms with E-state index >= 15 is 0 Å². The van der Waals surface area contributed by atoms with Crippen LogP contribution in [-0.4, -0.2) is 61.3 Å². The summed E-state index contributed by atoms with van der Waals surface area (Å²) < 4.78 is 18.6. The molecule has 1 aliphatic carbocycles. The first-order valence-electron chi connectivity index (χ1n) is 10.3. The number of benzene rings is 1. The van der Waals surface area contributed by atoms with Crippen molar-refractivity contribution in [3.8, 4) is 0 Å². The van der Waals surface area contributed by atoms with Crippen molar-refractivity contribution in [2.45, 2.75) is 51.1 Å². The van der Waals surface area contributed by atoms with Crippen LogP contribution in [0.1, 0.15) is 44.1 Å². The third kappa shape index (κ3) is 6.78. The number of amides is 2. The van der Waals surface area contributed by atoms with Crippen LogP contribution in [-0.2, 0) is 11.3 Å². The highest BCUT2D eigenvalue weighted by atomic mass is 19.1. The Kier molecular flexibility index (Phi) is 7.90. The lowest BCUT2D eigenvalue weighted by Crippen LogP contribution is -2.46. The van der Waals surface area contributed by atoms with E-state index in [0.29, 0.717) is 19.1 Å². The largest absolute Gasteiger partial charge is 0.379 e. The number of morpholine rings is 1. The standard InChI is InChI=1S/C21H32FN3O2/c22-19-9-7-18(8-10-19)17-25(12-4-11-24-13-15-27-16-14-24)21(26)23-20-5-2-1-3-6-20/h7-10,20H,1-6,11-17H2,(H,23,26). The predicted octanol–water partition coefficient (Wildman–Crippen LogP) is 3.39. The Morgan fingerprint density at radius 2 is 1.85 bits per heavy atom. The SMILES string of the molecule is O=C(NC1CCCCC1)N(CCCN1CCOCC1)Cc1ccc(F)cc1. The van der Waals surface area contributed by atoms with Gasteiger partial charge in [0, 0.05) is 38.8 Å². The lowest BCUT2D eigenvalue weighted by Gasteiger charge is -2.30. The fourth-order valence-corrected chi connectivity index (χ4v) is 3.89. The Balaban J connectivity index is 1.54. The summed E-state index contributed by atoms with van der Waals surface area (Å²) in [5.74, 6) is -0.246. The van der Waals surface area contributed by atoms with Crippen LogP contribution in [0.15, 0.2) is 24.3 Å². The minimum Gasteiger partial charge on any atom is -0.379 e. The molecule has 6 heteroatoms. The topological polar surface area (TPSA) is 44.8 Å². The molecule has 3 rings (SSSR count). The van der Waals surface area contributed by atoms with E-state index in [1.54, 1.807) is 12.1 Å². The predicted molar refractivity (Wildman–Crippen MR) is 104 cm³/mol. The second-order valence-corrected chi connectivity index (χ2v) is 7.64. The van der Waals surface area contributed by atoms with Crippen LogP contribution in [0.25, 0.3) is 0 Å². The fraction of sp³-hybridized carbons (Fsp3) is 0.667. The lowest BCUT2D eigenvalue weighted by molar-refractivity contribution is 0.0364. The first-order chi connectivity index (χ1) is 13.2. The summed E-state index contributed by atoms with van der Waals surface area (Å²) >= 11 is 0. The van der Waals surface area contributed by atoms with E-state index in [9.17, 15) is 9.18 Å². The van der Waals surface area contributed by atoms with Crippen LogP contribution in [0.2, 0.25) is 0 Å². The number of urea groups is 1. The minimum atomic E-state index is -0.246. The lowest BCUT2D eigenvalue weighted by atomic mass is 9.96. The molecule has 0 atom stereocenters. The molecule has 150 valence electrons. The molecule has 2 fully saturated rings. The first-order valence-corrected chi connectivity index (χ1v) is 10.3. The maximum Gasteiger partial charge on any atom is 0.317 e. The normalized spacial score (nSPS) is 19.0. The van der Waals surface area contributed by atoms with Gasteiger partial charge in [0.25, 0.3) is 0 Å². The van der Waals surface area contributed by atoms with Crippen LogP contribution >= 0.6 is 0 Å². The molecule has 1 heterocycles. The molecule has 0 aromatic heterocycles. The average molecular weight is 378 g/mol. The molecule has 0 spiro atoms. The molecule has 1 N–H and O–H groups in total. The second kappa shape index (κ2) is 10.6. The van der Waals surface area contributed by atoms with E-state index in [0.717, 1.165) is 57.7 Å². The van der Waals surface area contributed by atoms with E-state index in [1.165, 1.54) is 31.4 Å². The van der Waals surface area contributed by atoms with Crippen LogP contribution in [0.4, 0.5) is 9.18 Å². The number of carbonyl (C=O) groups is 1. The summed E-state index contributed by atoms with van der Waals surface area (Å²) in [7, 11) is 0. The number of hydrogen-bond acceptors (Lipinski definition) is 3. The van der Waals surface area contributed by atoms with Gasteiger partial charge in [0.2, 0.25) is 0 Å². The van der Waals surface area contributed by atoms with Gasteiger partial charge in [-0.1, -0.05) is 31.4 Å². The number of ether oxygens (including phenoxy) is 1. The van der Waals surface area contributed by atoms with Crippen LogP contribution in [0.5, 0.6) is 0 Å². The van der Waals surface area contributed by atoms with Crippen molar-refractivity contribution < 1.29 is 13.9 Å². The second-order valence-electron chi connectivity index (χ2n) is 7.64. The Morgan fingerprint density at radius 1 is 1.15 bits per heavy atom. The average Bonchev–Trinajstić information content (AvgIpc) is 2.70. The first kappa shape index (κ1) is 20.1. The molecule has 5 nitrogen and oxygen atoms in total. The molecule has 1 aromatic carbocycles. The van der Waals surface area contributed by atoms with Crippen molar-refractivity contribution >= 4 is 6.03 Å². The zero-order valence-corrected chi connectivity index (χ0v) is 16.2. The summed E-state index contributed by atoms with van der Waals surface area (Å²) in [5.41, 5.74) is 0.960. The third-order valence-electron chi connectivity index (χ3n) is 5.51. The summed E-state index contributed by atoms with van der Waals surface area (Å²) in [6.45, 7) is 5.70. The van der Waals surface area contributed by atoms with Crippen LogP contribution < -0.4 is 5.32 Å². The zero-order valence-electron chi connectivity index (χ0n) is 16.2. The Hall–Kier alpha value is -1.66. The van der Waals surface area contributed by atoms with Gasteiger partial charge in [-0.2, -0.15) is 0 Å². The summed E-state index contributed by atoms with van der Waals surface area (Å²) in [4.78, 5) is 17.1. The third-order valence-corrected chi connectivity index (χ3v) is 5.51. The van der Waals surface area contributed by atoms with E-state index in [2.05, 4.69) is 10.2 Å². The molecule has 1 saturated heterocycles. The highest BCUT2D eigenvalue weighted by molar-refractivity contribution is 5.74. The molecule has 2 amide bonds. The van der Waals surface area contributed by atoms with Crippen molar-refractivity contribution in [2.24, 2.45) is 0 Å². The molecule has 1 saturated carbocycles. The van der Waals surface area contributed by atoms with E-state index in [4.69, 9.17) is 4.74 Å². The number of hydrogen-bond donors (Lipinski definition) is 1. The monoisotopic (exact) mass is 377 g/mol. The van der Waals surface area contributed by atoms with Gasteiger partial charge in [0.1, 0.15) is 5.82 Å². The maximum absolute atomic E-state index is 13.2. The molecule has 1 aromatic rings. The van der Waals surface area contributed by atoms with Crippen molar-refractivity contribution in [3.05, 3.63) is 35.6 Å². The van der Waals surface area contributed by atoms with Crippen molar-refractivity contribution in [1.82, 2.24) is 15.1 Å². The smallest absolute Gasteiger partial charge is 0.317 e. The van der Waals surface area contributed by atoms with Gasteiger partial charge in [-0.3, -0.25) is 4.90 Å². The Labute approximate surface area is 161 Å². The van der Waals surface area contributed by atoms with Gasteiger partial charge < -0.3 is 15.0 Å². The summed E-state index contributed by atoms with van der Waals surface area (Å²) in [6.07, 6.45) is 6.73. The number of halogens is 1. The molecule has 27 heavy (non-hydrogen) atoms. The Bertz CT molecular complexity index is 569. The summed E-state index contributed by atoms with van der Waals surface area (Å²) in [5, 5.41) is 3.22. The van der Waals surface area contributed by atoms with E-state index in [-0.39, 0.29) is 11.8 Å². The van der Waals surface area contributed by atoms with Crippen molar-refractivity contribution in [1.29, 1.82) is 0 Å². The minimum absolute atomic E-state index is 0.00759. The molecule has 1 aliphatic heterocycles. The summed E-state index contributed by atoms with van der Waals surface area (Å²) in [6, 6.07) is 6.74. The van der Waals surface area contributed by atoms with Crippen LogP contribution in [0.3, 0.4) is 0 Å². The molecular weight excluding hydrogens is 345 g/mol. The molecular formula is C21H32FN3O2. The van der Waals surface area contributed by atoms with Gasteiger partial charge in [-0.25, -0.2) is 9.18 Å². The van der Waals surface area contributed by atoms with Gasteiger partial charge in [-0.05, 0) is 37.0 Å². The zero-order chi connectivity index (χ0) is 18.9. The molecule has 0 unspecified atom stereocenters. The quantitative estimate of drug-likeness (QED) is 0.792. The van der Waals surface area contributed by atoms with E-state index < -0.39 is 0 Å². The molecule has 0 radical (unpaired) electrons. The highest BCUT2D eigenvalue weighted by Gasteiger charge is 2.20. The van der Waals surface area contributed by atoms with Gasteiger partial charge >= 0.3 is 6.03 Å². The number of nitrogens with zero attached hydrogens (tertiary/aromatic N) is 2. The van der Waals surface area contributed by atoms with Gasteiger partial charge in [0.05, 0.1) is 13.2 Å². The van der Waals surface area contributed by atoms with Crippen molar-refractivity contribution in [2.75, 3.05) is 39.4 Å².